The predicted molar refractivity (Wildman–Crippen MR) is 50.9 cm³/mol. The molecule has 1 saturated carbocycles. The summed E-state index contributed by atoms with van der Waals surface area (Å²) in [7, 11) is 0. The van der Waals surface area contributed by atoms with E-state index >= 15 is 0 Å². The molecule has 2 rings (SSSR count). The van der Waals surface area contributed by atoms with Gasteiger partial charge in [0.05, 0.1) is 0 Å². The normalized spacial score (nSPS) is 15.8. The number of anilines is 1. The van der Waals surface area contributed by atoms with Gasteiger partial charge in [0.15, 0.2) is 0 Å². The molecule has 0 bridgehead atoms. The van der Waals surface area contributed by atoms with Crippen molar-refractivity contribution >= 4 is 5.69 Å². The van der Waals surface area contributed by atoms with E-state index in [-0.39, 0.29) is 5.82 Å². The maximum atomic E-state index is 12.9. The number of benzene rings is 1. The Morgan fingerprint density at radius 3 is 2.85 bits per heavy atom. The SMILES string of the molecule is NCc1ccc(F)cc1NC1CC1. The van der Waals surface area contributed by atoms with Crippen LogP contribution in [0.25, 0.3) is 0 Å². The van der Waals surface area contributed by atoms with E-state index < -0.39 is 0 Å². The topological polar surface area (TPSA) is 38.0 Å². The Morgan fingerprint density at radius 2 is 2.23 bits per heavy atom. The van der Waals surface area contributed by atoms with Crippen LogP contribution in [0.5, 0.6) is 0 Å². The summed E-state index contributed by atoms with van der Waals surface area (Å²) in [6.07, 6.45) is 2.36. The van der Waals surface area contributed by atoms with Crippen LogP contribution in [0.1, 0.15) is 18.4 Å². The minimum Gasteiger partial charge on any atom is -0.382 e. The van der Waals surface area contributed by atoms with Gasteiger partial charge in [-0.1, -0.05) is 6.07 Å². The first-order valence-electron chi connectivity index (χ1n) is 4.54. The number of rotatable bonds is 3. The van der Waals surface area contributed by atoms with E-state index in [0.29, 0.717) is 12.6 Å². The molecule has 70 valence electrons. The first kappa shape index (κ1) is 8.51. The summed E-state index contributed by atoms with van der Waals surface area (Å²) in [6.45, 7) is 0.454. The highest BCUT2D eigenvalue weighted by Crippen LogP contribution is 2.27. The highest BCUT2D eigenvalue weighted by molar-refractivity contribution is 5.52. The van der Waals surface area contributed by atoms with Crippen molar-refractivity contribution in [3.8, 4) is 0 Å². The summed E-state index contributed by atoms with van der Waals surface area (Å²) in [5.41, 5.74) is 7.37. The van der Waals surface area contributed by atoms with E-state index in [1.54, 1.807) is 6.07 Å². The first-order chi connectivity index (χ1) is 6.29. The van der Waals surface area contributed by atoms with Gasteiger partial charge in [0.25, 0.3) is 0 Å². The number of halogens is 1. The van der Waals surface area contributed by atoms with Crippen LogP contribution >= 0.6 is 0 Å². The van der Waals surface area contributed by atoms with Crippen molar-refractivity contribution in [2.75, 3.05) is 5.32 Å². The van der Waals surface area contributed by atoms with E-state index in [9.17, 15) is 4.39 Å². The summed E-state index contributed by atoms with van der Waals surface area (Å²) < 4.78 is 12.9. The Kier molecular flexibility index (Phi) is 2.19. The van der Waals surface area contributed by atoms with Crippen LogP contribution in [-0.4, -0.2) is 6.04 Å². The average molecular weight is 180 g/mol. The molecule has 0 atom stereocenters. The molecule has 3 N–H and O–H groups in total. The first-order valence-corrected chi connectivity index (χ1v) is 4.54. The number of hydrogen-bond acceptors (Lipinski definition) is 2. The van der Waals surface area contributed by atoms with Crippen molar-refractivity contribution < 1.29 is 4.39 Å². The Hall–Kier alpha value is -1.09. The Labute approximate surface area is 76.9 Å². The zero-order valence-electron chi connectivity index (χ0n) is 7.39. The lowest BCUT2D eigenvalue weighted by Crippen LogP contribution is -2.07. The highest BCUT2D eigenvalue weighted by Gasteiger charge is 2.21. The zero-order chi connectivity index (χ0) is 9.26. The molecule has 3 heteroatoms. The molecule has 0 heterocycles. The summed E-state index contributed by atoms with van der Waals surface area (Å²) in [5.74, 6) is -0.208. The van der Waals surface area contributed by atoms with Crippen LogP contribution in [0, 0.1) is 5.82 Å². The molecular weight excluding hydrogens is 167 g/mol. The quantitative estimate of drug-likeness (QED) is 0.745. The van der Waals surface area contributed by atoms with Gasteiger partial charge in [0, 0.05) is 18.3 Å². The molecule has 13 heavy (non-hydrogen) atoms. The number of nitrogens with two attached hydrogens (primary N) is 1. The summed E-state index contributed by atoms with van der Waals surface area (Å²) in [4.78, 5) is 0. The zero-order valence-corrected chi connectivity index (χ0v) is 7.39. The third-order valence-corrected chi connectivity index (χ3v) is 2.23. The van der Waals surface area contributed by atoms with Gasteiger partial charge in [0.2, 0.25) is 0 Å². The lowest BCUT2D eigenvalue weighted by molar-refractivity contribution is 0.627. The molecule has 0 spiro atoms. The molecule has 1 aliphatic rings. The molecule has 0 aromatic heterocycles. The van der Waals surface area contributed by atoms with Gasteiger partial charge in [0.1, 0.15) is 5.82 Å². The average Bonchev–Trinajstić information content (AvgIpc) is 2.89. The van der Waals surface area contributed by atoms with E-state index in [1.165, 1.54) is 25.0 Å². The van der Waals surface area contributed by atoms with Crippen LogP contribution in [-0.2, 0) is 6.54 Å². The lowest BCUT2D eigenvalue weighted by atomic mass is 10.1. The van der Waals surface area contributed by atoms with Crippen molar-refractivity contribution in [1.29, 1.82) is 0 Å². The van der Waals surface area contributed by atoms with Crippen LogP contribution in [0.15, 0.2) is 18.2 Å². The van der Waals surface area contributed by atoms with Gasteiger partial charge >= 0.3 is 0 Å². The number of nitrogens with one attached hydrogen (secondary N) is 1. The second-order valence-corrected chi connectivity index (χ2v) is 3.42. The molecule has 0 saturated heterocycles. The minimum absolute atomic E-state index is 0.208. The van der Waals surface area contributed by atoms with Gasteiger partial charge in [-0.15, -0.1) is 0 Å². The lowest BCUT2D eigenvalue weighted by Gasteiger charge is -2.09. The van der Waals surface area contributed by atoms with Gasteiger partial charge < -0.3 is 11.1 Å². The van der Waals surface area contributed by atoms with Crippen molar-refractivity contribution in [2.24, 2.45) is 5.73 Å². The molecule has 0 unspecified atom stereocenters. The van der Waals surface area contributed by atoms with Gasteiger partial charge in [-0.3, -0.25) is 0 Å². The monoisotopic (exact) mass is 180 g/mol. The molecule has 2 nitrogen and oxygen atoms in total. The molecule has 1 aromatic rings. The van der Waals surface area contributed by atoms with E-state index in [4.69, 9.17) is 5.73 Å². The third kappa shape index (κ3) is 1.98. The molecule has 1 aliphatic carbocycles. The second-order valence-electron chi connectivity index (χ2n) is 3.42. The summed E-state index contributed by atoms with van der Waals surface area (Å²) in [6, 6.07) is 5.23. The van der Waals surface area contributed by atoms with Crippen molar-refractivity contribution in [3.05, 3.63) is 29.6 Å². The molecule has 0 aliphatic heterocycles. The minimum atomic E-state index is -0.208. The van der Waals surface area contributed by atoms with E-state index in [1.807, 2.05) is 0 Å². The van der Waals surface area contributed by atoms with Crippen molar-refractivity contribution in [3.63, 3.8) is 0 Å². The van der Waals surface area contributed by atoms with Gasteiger partial charge in [-0.05, 0) is 30.5 Å². The maximum absolute atomic E-state index is 12.9. The standard InChI is InChI=1S/C10H13FN2/c11-8-2-1-7(6-12)10(5-8)13-9-3-4-9/h1-2,5,9,13H,3-4,6,12H2. The fourth-order valence-electron chi connectivity index (χ4n) is 1.31. The van der Waals surface area contributed by atoms with E-state index in [2.05, 4.69) is 5.32 Å². The van der Waals surface area contributed by atoms with E-state index in [0.717, 1.165) is 11.3 Å². The van der Waals surface area contributed by atoms with Crippen LogP contribution in [0.2, 0.25) is 0 Å². The molecule has 0 radical (unpaired) electrons. The Balaban J connectivity index is 2.22. The fourth-order valence-corrected chi connectivity index (χ4v) is 1.31. The fraction of sp³-hybridized carbons (Fsp3) is 0.400. The largest absolute Gasteiger partial charge is 0.382 e. The number of hydrogen-bond donors (Lipinski definition) is 2. The summed E-state index contributed by atoms with van der Waals surface area (Å²) in [5, 5.41) is 3.26. The van der Waals surface area contributed by atoms with Crippen molar-refractivity contribution in [1.82, 2.24) is 0 Å². The predicted octanol–water partition coefficient (Wildman–Crippen LogP) is 1.86. The third-order valence-electron chi connectivity index (χ3n) is 2.23. The van der Waals surface area contributed by atoms with Gasteiger partial charge in [-0.25, -0.2) is 4.39 Å². The second kappa shape index (κ2) is 3.34. The van der Waals surface area contributed by atoms with Crippen LogP contribution in [0.4, 0.5) is 10.1 Å². The summed E-state index contributed by atoms with van der Waals surface area (Å²) >= 11 is 0. The molecule has 1 aromatic carbocycles. The maximum Gasteiger partial charge on any atom is 0.125 e. The Bertz CT molecular complexity index is 308. The Morgan fingerprint density at radius 1 is 1.46 bits per heavy atom. The molecular formula is C10H13FN2. The molecule has 0 amide bonds. The highest BCUT2D eigenvalue weighted by atomic mass is 19.1. The van der Waals surface area contributed by atoms with Crippen molar-refractivity contribution in [2.45, 2.75) is 25.4 Å². The smallest absolute Gasteiger partial charge is 0.125 e. The molecule has 1 fully saturated rings. The van der Waals surface area contributed by atoms with Crippen LogP contribution in [0.3, 0.4) is 0 Å². The van der Waals surface area contributed by atoms with Crippen LogP contribution < -0.4 is 11.1 Å². The van der Waals surface area contributed by atoms with Gasteiger partial charge in [-0.2, -0.15) is 0 Å².